The maximum Gasteiger partial charge on any atom is 2.00 e. The van der Waals surface area contributed by atoms with Crippen molar-refractivity contribution in [2.75, 3.05) is 0 Å². The Kier molecular flexibility index (Phi) is 44.3. The van der Waals surface area contributed by atoms with Gasteiger partial charge < -0.3 is 19.8 Å². The van der Waals surface area contributed by atoms with Gasteiger partial charge in [-0.25, -0.2) is 0 Å². The fourth-order valence-electron chi connectivity index (χ4n) is 4.93. The molecule has 39 heavy (non-hydrogen) atoms. The van der Waals surface area contributed by atoms with Crippen LogP contribution in [0, 0.1) is 0 Å². The van der Waals surface area contributed by atoms with Gasteiger partial charge in [0.15, 0.2) is 0 Å². The predicted molar refractivity (Wildman–Crippen MR) is 160 cm³/mol. The van der Waals surface area contributed by atoms with Crippen LogP contribution in [0.5, 0.6) is 0 Å². The second-order valence-electron chi connectivity index (χ2n) is 11.4. The molecule has 0 aliphatic rings. The molecule has 0 aromatic rings. The first-order valence-electron chi connectivity index (χ1n) is 16.9. The number of hydrogen-bond acceptors (Lipinski definition) is 4. The first-order chi connectivity index (χ1) is 18.5. The van der Waals surface area contributed by atoms with E-state index in [1.54, 1.807) is 0 Å². The van der Waals surface area contributed by atoms with Crippen molar-refractivity contribution in [3.8, 4) is 0 Å². The molecule has 0 heterocycles. The molecule has 0 bridgehead atoms. The van der Waals surface area contributed by atoms with Gasteiger partial charge in [-0.2, -0.15) is 0 Å². The van der Waals surface area contributed by atoms with Crippen LogP contribution in [0.25, 0.3) is 0 Å². The summed E-state index contributed by atoms with van der Waals surface area (Å²) in [5.41, 5.74) is 0. The number of carboxylic acid groups (broad SMARTS) is 2. The average Bonchev–Trinajstić information content (AvgIpc) is 2.89. The van der Waals surface area contributed by atoms with Crippen LogP contribution in [0.2, 0.25) is 0 Å². The van der Waals surface area contributed by atoms with Gasteiger partial charge >= 0.3 is 26.2 Å². The van der Waals surface area contributed by atoms with Crippen LogP contribution in [-0.2, 0) is 35.8 Å². The van der Waals surface area contributed by atoms with E-state index in [0.717, 1.165) is 25.7 Å². The van der Waals surface area contributed by atoms with Gasteiger partial charge in [0.2, 0.25) is 0 Å². The van der Waals surface area contributed by atoms with Crippen molar-refractivity contribution in [1.29, 1.82) is 0 Å². The Labute approximate surface area is 263 Å². The van der Waals surface area contributed by atoms with E-state index in [-0.39, 0.29) is 39.0 Å². The quantitative estimate of drug-likeness (QED) is 0.0742. The number of hydrogen-bond donors (Lipinski definition) is 0. The molecule has 5 heteroatoms. The molecule has 0 radical (unpaired) electrons. The molecule has 0 aromatic heterocycles. The Balaban J connectivity index is -0.000000648. The minimum absolute atomic E-state index is 0. The summed E-state index contributed by atoms with van der Waals surface area (Å²) in [5.74, 6) is -1.81. The standard InChI is InChI=1S/2C17H34O2.Zr/c2*1-2-3-4-5-6-7-8-9-10-11-12-13-14-15-16-17(18)19;/h2*2-16H2,1H3,(H,18,19);/q;;+2/p-2. The molecule has 230 valence electrons. The molecule has 0 saturated heterocycles. The van der Waals surface area contributed by atoms with Gasteiger partial charge in [0.1, 0.15) is 0 Å². The van der Waals surface area contributed by atoms with Crippen LogP contribution >= 0.6 is 0 Å². The van der Waals surface area contributed by atoms with E-state index in [1.165, 1.54) is 154 Å². The summed E-state index contributed by atoms with van der Waals surface area (Å²) in [6.07, 6.45) is 36.8. The molecule has 4 nitrogen and oxygen atoms in total. The fraction of sp³-hybridized carbons (Fsp3) is 0.941. The van der Waals surface area contributed by atoms with Gasteiger partial charge in [0.05, 0.1) is 0 Å². The van der Waals surface area contributed by atoms with Crippen molar-refractivity contribution in [3.63, 3.8) is 0 Å². The van der Waals surface area contributed by atoms with Crippen molar-refractivity contribution >= 4 is 11.9 Å². The van der Waals surface area contributed by atoms with Crippen LogP contribution in [-0.4, -0.2) is 11.9 Å². The van der Waals surface area contributed by atoms with Crippen molar-refractivity contribution < 1.29 is 46.0 Å². The molecule has 0 spiro atoms. The summed E-state index contributed by atoms with van der Waals surface area (Å²) < 4.78 is 0. The van der Waals surface area contributed by atoms with Gasteiger partial charge in [0.25, 0.3) is 0 Å². The monoisotopic (exact) mass is 628 g/mol. The minimum Gasteiger partial charge on any atom is -0.550 e. The smallest absolute Gasteiger partial charge is 0.550 e. The maximum atomic E-state index is 10.2. The molecular weight excluding hydrogens is 564 g/mol. The second kappa shape index (κ2) is 40.0. The van der Waals surface area contributed by atoms with E-state index in [4.69, 9.17) is 0 Å². The number of rotatable bonds is 30. The summed E-state index contributed by atoms with van der Waals surface area (Å²) in [4.78, 5) is 20.4. The zero-order chi connectivity index (χ0) is 28.4. The molecule has 0 fully saturated rings. The molecular formula is C34H66O4Zr. The van der Waals surface area contributed by atoms with E-state index in [9.17, 15) is 19.8 Å². The van der Waals surface area contributed by atoms with E-state index in [0.29, 0.717) is 0 Å². The van der Waals surface area contributed by atoms with Crippen LogP contribution < -0.4 is 10.2 Å². The zero-order valence-corrected chi connectivity index (χ0v) is 28.8. The van der Waals surface area contributed by atoms with E-state index in [2.05, 4.69) is 13.8 Å². The Morgan fingerprint density at radius 3 is 0.641 bits per heavy atom. The van der Waals surface area contributed by atoms with Crippen LogP contribution in [0.3, 0.4) is 0 Å². The summed E-state index contributed by atoms with van der Waals surface area (Å²) in [7, 11) is 0. The van der Waals surface area contributed by atoms with Gasteiger partial charge in [0, 0.05) is 11.9 Å². The Morgan fingerprint density at radius 1 is 0.333 bits per heavy atom. The summed E-state index contributed by atoms with van der Waals surface area (Å²) in [6.45, 7) is 4.52. The molecule has 0 unspecified atom stereocenters. The second-order valence-corrected chi connectivity index (χ2v) is 11.4. The van der Waals surface area contributed by atoms with E-state index in [1.807, 2.05) is 0 Å². The predicted octanol–water partition coefficient (Wildman–Crippen LogP) is 9.21. The third-order valence-electron chi connectivity index (χ3n) is 7.47. The fourth-order valence-corrected chi connectivity index (χ4v) is 4.93. The number of aliphatic carboxylic acids is 2. The Bertz CT molecular complexity index is 428. The summed E-state index contributed by atoms with van der Waals surface area (Å²) in [6, 6.07) is 0. The van der Waals surface area contributed by atoms with Crippen LogP contribution in [0.4, 0.5) is 0 Å². The minimum atomic E-state index is -0.904. The molecule has 0 atom stereocenters. The summed E-state index contributed by atoms with van der Waals surface area (Å²) >= 11 is 0. The van der Waals surface area contributed by atoms with Crippen molar-refractivity contribution in [3.05, 3.63) is 0 Å². The topological polar surface area (TPSA) is 80.3 Å². The van der Waals surface area contributed by atoms with E-state index < -0.39 is 11.9 Å². The van der Waals surface area contributed by atoms with Gasteiger partial charge in [-0.15, -0.1) is 0 Å². The third kappa shape index (κ3) is 47.9. The number of carbonyl (C=O) groups excluding carboxylic acids is 2. The van der Waals surface area contributed by atoms with Crippen molar-refractivity contribution in [2.45, 2.75) is 206 Å². The van der Waals surface area contributed by atoms with Gasteiger partial charge in [-0.1, -0.05) is 181 Å². The largest absolute Gasteiger partial charge is 2.00 e. The molecule has 0 amide bonds. The van der Waals surface area contributed by atoms with Crippen molar-refractivity contribution in [1.82, 2.24) is 0 Å². The van der Waals surface area contributed by atoms with Gasteiger partial charge in [-0.05, 0) is 25.7 Å². The molecule has 0 rings (SSSR count). The number of carbonyl (C=O) groups is 2. The molecule has 0 aliphatic heterocycles. The van der Waals surface area contributed by atoms with Crippen molar-refractivity contribution in [2.24, 2.45) is 0 Å². The number of unbranched alkanes of at least 4 members (excludes halogenated alkanes) is 26. The Morgan fingerprint density at radius 2 is 0.487 bits per heavy atom. The first-order valence-corrected chi connectivity index (χ1v) is 16.9. The average molecular weight is 630 g/mol. The maximum absolute atomic E-state index is 10.2. The molecule has 0 aliphatic carbocycles. The van der Waals surface area contributed by atoms with Gasteiger partial charge in [-0.3, -0.25) is 0 Å². The Hall–Kier alpha value is -0.177. The van der Waals surface area contributed by atoms with E-state index >= 15 is 0 Å². The van der Waals surface area contributed by atoms with Crippen LogP contribution in [0.15, 0.2) is 0 Å². The number of carboxylic acids is 2. The molecule has 0 N–H and O–H groups in total. The normalized spacial score (nSPS) is 10.5. The molecule has 0 aromatic carbocycles. The zero-order valence-electron chi connectivity index (χ0n) is 26.3. The first kappa shape index (κ1) is 43.3. The SMILES string of the molecule is CCCCCCCCCCCCCCCCC(=O)[O-].CCCCCCCCCCCCCCCCC(=O)[O-].[Zr+2]. The summed E-state index contributed by atoms with van der Waals surface area (Å²) in [5, 5.41) is 20.4. The molecule has 0 saturated carbocycles. The van der Waals surface area contributed by atoms with Crippen LogP contribution in [0.1, 0.15) is 206 Å². The third-order valence-corrected chi connectivity index (χ3v) is 7.47.